The molecule has 24 heavy (non-hydrogen) atoms. The first-order valence-electron chi connectivity index (χ1n) is 7.66. The molecule has 0 bridgehead atoms. The van der Waals surface area contributed by atoms with Crippen LogP contribution in [0.5, 0.6) is 0 Å². The van der Waals surface area contributed by atoms with Crippen molar-refractivity contribution < 1.29 is 13.2 Å². The van der Waals surface area contributed by atoms with E-state index in [-0.39, 0.29) is 6.04 Å². The van der Waals surface area contributed by atoms with Gasteiger partial charge in [0.15, 0.2) is 11.6 Å². The van der Waals surface area contributed by atoms with E-state index in [1.165, 1.54) is 18.2 Å². The average molecular weight is 329 g/mol. The fraction of sp³-hybridized carbons (Fsp3) is 0.211. The van der Waals surface area contributed by atoms with E-state index in [1.807, 2.05) is 32.0 Å². The molecule has 0 aliphatic heterocycles. The predicted molar refractivity (Wildman–Crippen MR) is 88.8 cm³/mol. The monoisotopic (exact) mass is 329 g/mol. The Hall–Kier alpha value is -2.53. The van der Waals surface area contributed by atoms with Crippen molar-refractivity contribution in [2.45, 2.75) is 26.4 Å². The number of halogens is 2. The summed E-state index contributed by atoms with van der Waals surface area (Å²) in [6.07, 6.45) is 0. The van der Waals surface area contributed by atoms with Crippen molar-refractivity contribution in [3.63, 3.8) is 0 Å². The summed E-state index contributed by atoms with van der Waals surface area (Å²) >= 11 is 0. The minimum atomic E-state index is -0.873. The van der Waals surface area contributed by atoms with E-state index in [4.69, 9.17) is 4.42 Å². The van der Waals surface area contributed by atoms with Gasteiger partial charge in [-0.2, -0.15) is 0 Å². The van der Waals surface area contributed by atoms with Gasteiger partial charge in [0.25, 0.3) is 0 Å². The van der Waals surface area contributed by atoms with Gasteiger partial charge in [-0.3, -0.25) is 0 Å². The first-order valence-corrected chi connectivity index (χ1v) is 7.66. The summed E-state index contributed by atoms with van der Waals surface area (Å²) in [4.78, 5) is 11.7. The summed E-state index contributed by atoms with van der Waals surface area (Å²) in [6.45, 7) is 4.19. The molecule has 1 atom stereocenters. The molecule has 1 heterocycles. The van der Waals surface area contributed by atoms with Crippen LogP contribution in [0, 0.1) is 18.6 Å². The third-order valence-corrected chi connectivity index (χ3v) is 4.03. The molecule has 0 saturated carbocycles. The largest absolute Gasteiger partial charge is 0.423 e. The Bertz CT molecular complexity index is 950. The quantitative estimate of drug-likeness (QED) is 0.728. The van der Waals surface area contributed by atoms with Crippen LogP contribution in [0.2, 0.25) is 0 Å². The van der Waals surface area contributed by atoms with Crippen molar-refractivity contribution in [1.82, 2.24) is 5.32 Å². The highest BCUT2D eigenvalue weighted by Gasteiger charge is 2.11. The Morgan fingerprint density at radius 2 is 1.88 bits per heavy atom. The Morgan fingerprint density at radius 1 is 1.08 bits per heavy atom. The third kappa shape index (κ3) is 3.36. The highest BCUT2D eigenvalue weighted by atomic mass is 19.2. The van der Waals surface area contributed by atoms with E-state index in [9.17, 15) is 13.6 Å². The second-order valence-corrected chi connectivity index (χ2v) is 5.87. The van der Waals surface area contributed by atoms with E-state index in [2.05, 4.69) is 5.32 Å². The van der Waals surface area contributed by atoms with Crippen molar-refractivity contribution in [2.24, 2.45) is 0 Å². The van der Waals surface area contributed by atoms with Gasteiger partial charge in [0.2, 0.25) is 0 Å². The Balaban J connectivity index is 1.85. The second kappa shape index (κ2) is 6.53. The molecule has 0 spiro atoms. The van der Waals surface area contributed by atoms with Gasteiger partial charge in [-0.15, -0.1) is 0 Å². The van der Waals surface area contributed by atoms with Crippen LogP contribution in [0.15, 0.2) is 51.7 Å². The number of benzene rings is 2. The molecule has 0 amide bonds. The molecule has 3 rings (SSSR count). The first-order chi connectivity index (χ1) is 11.4. The Labute approximate surface area is 137 Å². The molecular formula is C19H17F2NO2. The smallest absolute Gasteiger partial charge is 0.336 e. The number of rotatable bonds is 4. The second-order valence-electron chi connectivity index (χ2n) is 5.87. The van der Waals surface area contributed by atoms with E-state index < -0.39 is 17.3 Å². The predicted octanol–water partition coefficient (Wildman–Crippen LogP) is 4.23. The van der Waals surface area contributed by atoms with Crippen molar-refractivity contribution in [1.29, 1.82) is 0 Å². The van der Waals surface area contributed by atoms with Crippen molar-refractivity contribution in [2.75, 3.05) is 0 Å². The molecule has 3 aromatic rings. The summed E-state index contributed by atoms with van der Waals surface area (Å²) in [5, 5.41) is 4.08. The molecule has 0 fully saturated rings. The van der Waals surface area contributed by atoms with Crippen molar-refractivity contribution in [3.8, 4) is 0 Å². The lowest BCUT2D eigenvalue weighted by molar-refractivity contribution is 0.500. The molecule has 1 N–H and O–H groups in total. The first kappa shape index (κ1) is 16.3. The summed E-state index contributed by atoms with van der Waals surface area (Å²) < 4.78 is 31.6. The lowest BCUT2D eigenvalue weighted by Gasteiger charge is -2.15. The lowest BCUT2D eigenvalue weighted by atomic mass is 10.1. The molecular weight excluding hydrogens is 312 g/mol. The SMILES string of the molecule is Cc1ccc2c(CN[C@@H](C)c3ccc(F)c(F)c3)cc(=O)oc2c1. The topological polar surface area (TPSA) is 42.2 Å². The molecule has 124 valence electrons. The number of aryl methyl sites for hydroxylation is 1. The zero-order valence-corrected chi connectivity index (χ0v) is 13.4. The van der Waals surface area contributed by atoms with Gasteiger partial charge < -0.3 is 9.73 Å². The number of hydrogen-bond acceptors (Lipinski definition) is 3. The zero-order chi connectivity index (χ0) is 17.3. The van der Waals surface area contributed by atoms with Gasteiger partial charge in [-0.05, 0) is 48.7 Å². The van der Waals surface area contributed by atoms with E-state index in [1.54, 1.807) is 0 Å². The molecule has 0 saturated heterocycles. The highest BCUT2D eigenvalue weighted by Crippen LogP contribution is 2.20. The number of hydrogen-bond donors (Lipinski definition) is 1. The molecule has 5 heteroatoms. The molecule has 2 aromatic carbocycles. The molecule has 0 aliphatic rings. The van der Waals surface area contributed by atoms with Gasteiger partial charge in [0.1, 0.15) is 5.58 Å². The highest BCUT2D eigenvalue weighted by molar-refractivity contribution is 5.80. The zero-order valence-electron chi connectivity index (χ0n) is 13.4. The van der Waals surface area contributed by atoms with Gasteiger partial charge in [0.05, 0.1) is 0 Å². The lowest BCUT2D eigenvalue weighted by Crippen LogP contribution is -2.19. The summed E-state index contributed by atoms with van der Waals surface area (Å²) in [7, 11) is 0. The summed E-state index contributed by atoms with van der Waals surface area (Å²) in [5.41, 5.74) is 2.57. The molecule has 3 nitrogen and oxygen atoms in total. The minimum absolute atomic E-state index is 0.201. The van der Waals surface area contributed by atoms with Gasteiger partial charge >= 0.3 is 5.63 Å². The van der Waals surface area contributed by atoms with Crippen molar-refractivity contribution >= 4 is 11.0 Å². The van der Waals surface area contributed by atoms with Crippen LogP contribution in [0.3, 0.4) is 0 Å². The standard InChI is InChI=1S/C19H17F2NO2/c1-11-3-5-15-14(9-19(23)24-18(15)7-11)10-22-12(2)13-4-6-16(20)17(21)8-13/h3-9,12,22H,10H2,1-2H3/t12-/m0/s1. The van der Waals surface area contributed by atoms with Gasteiger partial charge in [0, 0.05) is 24.0 Å². The minimum Gasteiger partial charge on any atom is -0.423 e. The van der Waals surface area contributed by atoms with Gasteiger partial charge in [-0.1, -0.05) is 18.2 Å². The van der Waals surface area contributed by atoms with Crippen LogP contribution in [0.1, 0.15) is 29.7 Å². The Morgan fingerprint density at radius 3 is 2.62 bits per heavy atom. The Kier molecular flexibility index (Phi) is 4.44. The molecule has 0 unspecified atom stereocenters. The van der Waals surface area contributed by atoms with E-state index in [0.717, 1.165) is 22.6 Å². The number of nitrogens with one attached hydrogen (secondary N) is 1. The normalized spacial score (nSPS) is 12.5. The fourth-order valence-corrected chi connectivity index (χ4v) is 2.65. The third-order valence-electron chi connectivity index (χ3n) is 4.03. The summed E-state index contributed by atoms with van der Waals surface area (Å²) in [6, 6.07) is 10.7. The maximum Gasteiger partial charge on any atom is 0.336 e. The summed E-state index contributed by atoms with van der Waals surface area (Å²) in [5.74, 6) is -1.74. The van der Waals surface area contributed by atoms with E-state index >= 15 is 0 Å². The fourth-order valence-electron chi connectivity index (χ4n) is 2.65. The maximum absolute atomic E-state index is 13.3. The van der Waals surface area contributed by atoms with Crippen LogP contribution in [0.25, 0.3) is 11.0 Å². The molecule has 0 aliphatic carbocycles. The number of fused-ring (bicyclic) bond motifs is 1. The van der Waals surface area contributed by atoms with Gasteiger partial charge in [-0.25, -0.2) is 13.6 Å². The van der Waals surface area contributed by atoms with Crippen LogP contribution in [0.4, 0.5) is 8.78 Å². The van der Waals surface area contributed by atoms with Crippen LogP contribution in [-0.2, 0) is 6.54 Å². The van der Waals surface area contributed by atoms with Crippen molar-refractivity contribution in [3.05, 3.63) is 81.2 Å². The molecule has 0 radical (unpaired) electrons. The van der Waals surface area contributed by atoms with Crippen LogP contribution < -0.4 is 10.9 Å². The average Bonchev–Trinajstić information content (AvgIpc) is 2.54. The maximum atomic E-state index is 13.3. The van der Waals surface area contributed by atoms with Crippen LogP contribution in [-0.4, -0.2) is 0 Å². The molecule has 1 aromatic heterocycles. The van der Waals surface area contributed by atoms with E-state index in [0.29, 0.717) is 17.7 Å². The van der Waals surface area contributed by atoms with Crippen LogP contribution >= 0.6 is 0 Å².